The van der Waals surface area contributed by atoms with Crippen LogP contribution in [0.2, 0.25) is 0 Å². The summed E-state index contributed by atoms with van der Waals surface area (Å²) in [5.41, 5.74) is 0.612. The number of ether oxygens (including phenoxy) is 1. The molecule has 0 aliphatic carbocycles. The third kappa shape index (κ3) is 4.79. The number of hydrogen-bond donors (Lipinski definition) is 2. The predicted octanol–water partition coefficient (Wildman–Crippen LogP) is 2.22. The van der Waals surface area contributed by atoms with Gasteiger partial charge in [-0.15, -0.1) is 11.3 Å². The molecule has 0 saturated carbocycles. The fourth-order valence-electron chi connectivity index (χ4n) is 2.93. The second-order valence-electron chi connectivity index (χ2n) is 6.56. The Bertz CT molecular complexity index is 1010. The number of hydrogen-bond acceptors (Lipinski definition) is 7. The van der Waals surface area contributed by atoms with Crippen LogP contribution in [0.4, 0.5) is 14.3 Å². The Labute approximate surface area is 175 Å². The topological polar surface area (TPSA) is 118 Å². The molecule has 0 radical (unpaired) electrons. The van der Waals surface area contributed by atoms with Gasteiger partial charge in [-0.3, -0.25) is 14.5 Å². The van der Waals surface area contributed by atoms with E-state index in [-0.39, 0.29) is 30.2 Å². The number of carbonyl (C=O) groups excluding carboxylic acids is 4. The van der Waals surface area contributed by atoms with Gasteiger partial charge in [0.05, 0.1) is 13.7 Å². The summed E-state index contributed by atoms with van der Waals surface area (Å²) in [7, 11) is 1.24. The van der Waals surface area contributed by atoms with E-state index >= 15 is 0 Å². The number of thiazole rings is 1. The van der Waals surface area contributed by atoms with E-state index in [1.54, 1.807) is 13.0 Å². The summed E-state index contributed by atoms with van der Waals surface area (Å²) in [6.45, 7) is 1.62. The Morgan fingerprint density at radius 2 is 2.13 bits per heavy atom. The molecule has 1 aliphatic rings. The summed E-state index contributed by atoms with van der Waals surface area (Å²) in [6, 6.07) is 4.20. The molecule has 11 heteroatoms. The number of aryl methyl sites for hydroxylation is 1. The van der Waals surface area contributed by atoms with Gasteiger partial charge in [-0.25, -0.2) is 19.0 Å². The maximum Gasteiger partial charge on any atom is 0.357 e. The van der Waals surface area contributed by atoms with Crippen molar-refractivity contribution in [3.05, 3.63) is 46.2 Å². The molecule has 1 saturated heterocycles. The molecular weight excluding hydrogens is 415 g/mol. The van der Waals surface area contributed by atoms with Gasteiger partial charge >= 0.3 is 12.0 Å². The van der Waals surface area contributed by atoms with Crippen molar-refractivity contribution in [1.82, 2.24) is 15.2 Å². The van der Waals surface area contributed by atoms with Crippen molar-refractivity contribution in [1.29, 1.82) is 0 Å². The molecule has 2 aromatic rings. The molecule has 1 aromatic heterocycles. The lowest BCUT2D eigenvalue weighted by molar-refractivity contribution is -0.128. The highest BCUT2D eigenvalue weighted by atomic mass is 32.1. The van der Waals surface area contributed by atoms with Crippen molar-refractivity contribution >= 4 is 40.3 Å². The van der Waals surface area contributed by atoms with Crippen LogP contribution in [0.1, 0.15) is 33.8 Å². The Morgan fingerprint density at radius 3 is 2.83 bits per heavy atom. The van der Waals surface area contributed by atoms with Gasteiger partial charge in [0, 0.05) is 11.3 Å². The van der Waals surface area contributed by atoms with Crippen molar-refractivity contribution in [2.75, 3.05) is 12.4 Å². The number of benzene rings is 1. The molecule has 158 valence electrons. The zero-order chi connectivity index (χ0) is 21.8. The van der Waals surface area contributed by atoms with Crippen molar-refractivity contribution in [2.24, 2.45) is 0 Å². The van der Waals surface area contributed by atoms with Crippen LogP contribution in [0, 0.1) is 12.7 Å². The maximum atomic E-state index is 13.3. The first-order chi connectivity index (χ1) is 14.3. The highest BCUT2D eigenvalue weighted by Gasteiger charge is 2.37. The molecule has 0 bridgehead atoms. The zero-order valence-corrected chi connectivity index (χ0v) is 17.0. The van der Waals surface area contributed by atoms with Crippen LogP contribution < -0.4 is 10.6 Å². The molecule has 0 spiro atoms. The minimum absolute atomic E-state index is 0.0450. The lowest BCUT2D eigenvalue weighted by atomic mass is 10.1. The lowest BCUT2D eigenvalue weighted by Gasteiger charge is -2.13. The van der Waals surface area contributed by atoms with Gasteiger partial charge in [-0.2, -0.15) is 0 Å². The smallest absolute Gasteiger partial charge is 0.357 e. The van der Waals surface area contributed by atoms with E-state index in [1.165, 1.54) is 25.3 Å². The second kappa shape index (κ2) is 8.99. The van der Waals surface area contributed by atoms with Gasteiger partial charge in [-0.1, -0.05) is 12.1 Å². The number of nitrogens with zero attached hydrogens (tertiary/aromatic N) is 2. The van der Waals surface area contributed by atoms with Crippen LogP contribution in [0.25, 0.3) is 0 Å². The summed E-state index contributed by atoms with van der Waals surface area (Å²) in [5.74, 6) is -1.94. The standard InChI is InChI=1S/C19H19FN4O5S/c1-10-15(17(27)29-2)23-18(30-10)22-14(25)7-6-13-16(26)24(19(28)21-13)9-11-4-3-5-12(20)8-11/h3-5,8,13H,6-7,9H2,1-2H3,(H,21,28)(H,22,23,25)/t13-/m0/s1. The van der Waals surface area contributed by atoms with E-state index in [4.69, 9.17) is 0 Å². The quantitative estimate of drug-likeness (QED) is 0.510. The summed E-state index contributed by atoms with van der Waals surface area (Å²) >= 11 is 1.13. The number of imide groups is 1. The van der Waals surface area contributed by atoms with Crippen molar-refractivity contribution in [2.45, 2.75) is 32.4 Å². The Balaban J connectivity index is 1.54. The number of methoxy groups -OCH3 is 1. The summed E-state index contributed by atoms with van der Waals surface area (Å²) in [4.78, 5) is 54.0. The van der Waals surface area contributed by atoms with Crippen LogP contribution in [-0.4, -0.2) is 46.9 Å². The molecule has 30 heavy (non-hydrogen) atoms. The fraction of sp³-hybridized carbons (Fsp3) is 0.316. The summed E-state index contributed by atoms with van der Waals surface area (Å²) in [6.07, 6.45) is 0.0426. The molecule has 9 nitrogen and oxygen atoms in total. The Morgan fingerprint density at radius 1 is 1.37 bits per heavy atom. The van der Waals surface area contributed by atoms with Gasteiger partial charge in [0.1, 0.15) is 11.9 Å². The van der Waals surface area contributed by atoms with Crippen molar-refractivity contribution in [3.8, 4) is 0 Å². The number of esters is 1. The van der Waals surface area contributed by atoms with Gasteiger partial charge in [0.15, 0.2) is 10.8 Å². The van der Waals surface area contributed by atoms with Crippen LogP contribution in [0.15, 0.2) is 24.3 Å². The van der Waals surface area contributed by atoms with Crippen LogP contribution in [-0.2, 0) is 20.9 Å². The minimum atomic E-state index is -0.847. The highest BCUT2D eigenvalue weighted by molar-refractivity contribution is 7.16. The fourth-order valence-corrected chi connectivity index (χ4v) is 3.75. The average Bonchev–Trinajstić information content (AvgIpc) is 3.19. The number of rotatable bonds is 7. The molecular formula is C19H19FN4O5S. The van der Waals surface area contributed by atoms with Crippen molar-refractivity contribution < 1.29 is 28.3 Å². The normalized spacial score (nSPS) is 15.8. The Kier molecular flexibility index (Phi) is 6.40. The van der Waals surface area contributed by atoms with E-state index in [0.29, 0.717) is 10.4 Å². The third-order valence-corrected chi connectivity index (χ3v) is 5.30. The largest absolute Gasteiger partial charge is 0.464 e. The van der Waals surface area contributed by atoms with Gasteiger partial charge in [0.2, 0.25) is 5.91 Å². The van der Waals surface area contributed by atoms with Gasteiger partial charge in [-0.05, 0) is 31.0 Å². The first kappa shape index (κ1) is 21.4. The van der Waals surface area contributed by atoms with Crippen molar-refractivity contribution in [3.63, 3.8) is 0 Å². The molecule has 1 fully saturated rings. The molecule has 3 rings (SSSR count). The molecule has 0 unspecified atom stereocenters. The van der Waals surface area contributed by atoms with Gasteiger partial charge in [0.25, 0.3) is 5.91 Å². The van der Waals surface area contributed by atoms with E-state index in [2.05, 4.69) is 20.4 Å². The van der Waals surface area contributed by atoms with E-state index in [1.807, 2.05) is 0 Å². The maximum absolute atomic E-state index is 13.3. The van der Waals surface area contributed by atoms with Crippen LogP contribution in [0.3, 0.4) is 0 Å². The monoisotopic (exact) mass is 434 g/mol. The first-order valence-corrected chi connectivity index (χ1v) is 9.82. The number of aromatic nitrogens is 1. The number of carbonyl (C=O) groups is 4. The molecule has 1 aromatic carbocycles. The second-order valence-corrected chi connectivity index (χ2v) is 7.76. The number of amides is 4. The predicted molar refractivity (Wildman–Crippen MR) is 105 cm³/mol. The van der Waals surface area contributed by atoms with E-state index < -0.39 is 35.7 Å². The number of nitrogens with one attached hydrogen (secondary N) is 2. The molecule has 2 heterocycles. The molecule has 4 amide bonds. The zero-order valence-electron chi connectivity index (χ0n) is 16.2. The SMILES string of the molecule is COC(=O)c1nc(NC(=O)CC[C@@H]2NC(=O)N(Cc3cccc(F)c3)C2=O)sc1C. The van der Waals surface area contributed by atoms with Gasteiger partial charge < -0.3 is 15.4 Å². The number of urea groups is 1. The van der Waals surface area contributed by atoms with E-state index in [0.717, 1.165) is 16.2 Å². The van der Waals surface area contributed by atoms with Crippen LogP contribution >= 0.6 is 11.3 Å². The Hall–Kier alpha value is -3.34. The molecule has 2 N–H and O–H groups in total. The minimum Gasteiger partial charge on any atom is -0.464 e. The highest BCUT2D eigenvalue weighted by Crippen LogP contribution is 2.23. The number of halogens is 1. The summed E-state index contributed by atoms with van der Waals surface area (Å²) < 4.78 is 17.9. The van der Waals surface area contributed by atoms with Crippen LogP contribution in [0.5, 0.6) is 0 Å². The first-order valence-electron chi connectivity index (χ1n) is 9.00. The van der Waals surface area contributed by atoms with E-state index in [9.17, 15) is 23.6 Å². The third-order valence-electron chi connectivity index (χ3n) is 4.42. The summed E-state index contributed by atoms with van der Waals surface area (Å²) in [5, 5.41) is 5.35. The lowest BCUT2D eigenvalue weighted by Crippen LogP contribution is -2.31. The number of anilines is 1. The average molecular weight is 434 g/mol. The molecule has 1 aliphatic heterocycles. The molecule has 1 atom stereocenters.